The van der Waals surface area contributed by atoms with Gasteiger partial charge in [-0.2, -0.15) is 0 Å². The summed E-state index contributed by atoms with van der Waals surface area (Å²) in [5.41, 5.74) is 4.96. The van der Waals surface area contributed by atoms with Crippen LogP contribution in [0, 0.1) is 5.92 Å². The van der Waals surface area contributed by atoms with Crippen molar-refractivity contribution >= 4 is 38.0 Å². The number of alkyl halides is 3. The molecule has 0 saturated heterocycles. The molecule has 0 fully saturated rings. The summed E-state index contributed by atoms with van der Waals surface area (Å²) in [5, 5.41) is 11.2. The summed E-state index contributed by atoms with van der Waals surface area (Å²) < 4.78 is 65.5. The predicted octanol–water partition coefficient (Wildman–Crippen LogP) is 2.15. The van der Waals surface area contributed by atoms with Crippen molar-refractivity contribution in [2.24, 2.45) is 11.7 Å². The molecule has 1 atom stereocenters. The number of sulfone groups is 1. The van der Waals surface area contributed by atoms with Gasteiger partial charge in [0.1, 0.15) is 15.0 Å². The summed E-state index contributed by atoms with van der Waals surface area (Å²) in [6.07, 6.45) is -4.93. The summed E-state index contributed by atoms with van der Waals surface area (Å²) >= 11 is 0.546. The number of nitrogens with one attached hydrogen (secondary N) is 1. The van der Waals surface area contributed by atoms with Gasteiger partial charge in [0.25, 0.3) is 5.91 Å². The number of ether oxygens (including phenoxy) is 1. The molecule has 0 spiro atoms. The molecule has 1 aromatic carbocycles. The van der Waals surface area contributed by atoms with Crippen LogP contribution in [0.4, 0.5) is 18.2 Å². The molecule has 2 amide bonds. The molecule has 0 radical (unpaired) electrons. The van der Waals surface area contributed by atoms with Crippen LogP contribution in [-0.4, -0.2) is 38.3 Å². The monoisotopic (exact) mass is 452 g/mol. The Bertz CT molecular complexity index is 1020. The first-order valence-corrected chi connectivity index (χ1v) is 10.1. The van der Waals surface area contributed by atoms with Crippen molar-refractivity contribution < 1.29 is 41.0 Å². The smallest absolute Gasteiger partial charge is 0.406 e. The molecule has 0 saturated carbocycles. The molecule has 0 aliphatic carbocycles. The average molecular weight is 452 g/mol. The van der Waals surface area contributed by atoms with E-state index in [-0.39, 0.29) is 19.7 Å². The number of primary amides is 1. The number of aliphatic hydroxyl groups excluding tert-OH is 1. The van der Waals surface area contributed by atoms with Crippen LogP contribution in [0.5, 0.6) is 5.75 Å². The zero-order chi connectivity index (χ0) is 22.0. The number of benzene rings is 1. The van der Waals surface area contributed by atoms with E-state index in [0.29, 0.717) is 11.3 Å². The lowest BCUT2D eigenvalue weighted by Gasteiger charge is -2.09. The van der Waals surface area contributed by atoms with Gasteiger partial charge in [-0.05, 0) is 30.3 Å². The number of hydrogen-bond acceptors (Lipinski definition) is 7. The third kappa shape index (κ3) is 5.46. The number of anilines is 1. The van der Waals surface area contributed by atoms with E-state index in [1.165, 1.54) is 6.92 Å². The second-order valence-corrected chi connectivity index (χ2v) is 9.00. The van der Waals surface area contributed by atoms with Gasteiger partial charge in [0.2, 0.25) is 15.7 Å². The van der Waals surface area contributed by atoms with Crippen LogP contribution in [0.2, 0.25) is 0 Å². The van der Waals surface area contributed by atoms with Gasteiger partial charge < -0.3 is 20.9 Å². The van der Waals surface area contributed by atoms with Gasteiger partial charge in [-0.1, -0.05) is 6.92 Å². The number of rotatable bonds is 7. The molecule has 0 bridgehead atoms. The number of carbonyl (C=O) groups excluding carboxylic acids is 2. The highest BCUT2D eigenvalue weighted by atomic mass is 32.2. The van der Waals surface area contributed by atoms with Crippen LogP contribution < -0.4 is 15.8 Å². The Labute approximate surface area is 167 Å². The van der Waals surface area contributed by atoms with E-state index in [2.05, 4.69) is 10.1 Å². The summed E-state index contributed by atoms with van der Waals surface area (Å²) in [4.78, 5) is 23.2. The zero-order valence-corrected chi connectivity index (χ0v) is 16.3. The van der Waals surface area contributed by atoms with Crippen molar-refractivity contribution in [3.8, 4) is 5.75 Å². The van der Waals surface area contributed by atoms with Gasteiger partial charge in [0, 0.05) is 0 Å². The number of hydrogen-bond donors (Lipinski definition) is 3. The Kier molecular flexibility index (Phi) is 6.55. The Morgan fingerprint density at radius 3 is 2.34 bits per heavy atom. The molecule has 29 heavy (non-hydrogen) atoms. The first kappa shape index (κ1) is 22.6. The minimum atomic E-state index is -4.93. The maximum absolute atomic E-state index is 12.7. The van der Waals surface area contributed by atoms with Gasteiger partial charge in [0.05, 0.1) is 23.0 Å². The van der Waals surface area contributed by atoms with Crippen LogP contribution >= 0.6 is 11.3 Å². The summed E-state index contributed by atoms with van der Waals surface area (Å²) in [6, 6.07) is 4.43. The predicted molar refractivity (Wildman–Crippen MR) is 96.3 cm³/mol. The Morgan fingerprint density at radius 1 is 1.28 bits per heavy atom. The zero-order valence-electron chi connectivity index (χ0n) is 14.7. The van der Waals surface area contributed by atoms with Crippen LogP contribution in [0.25, 0.3) is 0 Å². The molecule has 2 aromatic rings. The molecule has 8 nitrogen and oxygen atoms in total. The summed E-state index contributed by atoms with van der Waals surface area (Å²) in [7, 11) is -4.22. The fourth-order valence-electron chi connectivity index (χ4n) is 2.03. The van der Waals surface area contributed by atoms with E-state index in [9.17, 15) is 31.2 Å². The topological polar surface area (TPSA) is 136 Å². The highest BCUT2D eigenvalue weighted by Gasteiger charge is 2.31. The second kappa shape index (κ2) is 8.39. The number of carbonyl (C=O) groups is 2. The molecule has 0 aliphatic rings. The molecule has 1 unspecified atom stereocenters. The third-order valence-corrected chi connectivity index (χ3v) is 6.86. The number of halogens is 3. The average Bonchev–Trinajstić information content (AvgIpc) is 3.05. The van der Waals surface area contributed by atoms with E-state index < -0.39 is 46.3 Å². The van der Waals surface area contributed by atoms with Gasteiger partial charge in [-0.25, -0.2) is 8.42 Å². The third-order valence-electron chi connectivity index (χ3n) is 3.57. The maximum Gasteiger partial charge on any atom is 0.573 e. The van der Waals surface area contributed by atoms with E-state index in [1.54, 1.807) is 0 Å². The highest BCUT2D eigenvalue weighted by molar-refractivity contribution is 7.93. The van der Waals surface area contributed by atoms with E-state index in [1.807, 2.05) is 0 Å². The fraction of sp³-hybridized carbons (Fsp3) is 0.250. The van der Waals surface area contributed by atoms with Gasteiger partial charge in [-0.15, -0.1) is 24.5 Å². The standard InChI is InChI=1S/C16H15F3N2O6S2/c1-8(7-22)14(24)21-15-11(13(20)23)6-12(28-15)29(25,26)10-4-2-9(3-5-10)27-16(17,18)19/h2-6,8,22H,7H2,1H3,(H2,20,23)(H,21,24). The lowest BCUT2D eigenvalue weighted by Crippen LogP contribution is -2.24. The van der Waals surface area contributed by atoms with Crippen LogP contribution in [-0.2, 0) is 14.6 Å². The fourth-order valence-corrected chi connectivity index (χ4v) is 4.81. The molecule has 2 rings (SSSR count). The van der Waals surface area contributed by atoms with Crippen molar-refractivity contribution in [2.75, 3.05) is 11.9 Å². The maximum atomic E-state index is 12.7. The van der Waals surface area contributed by atoms with E-state index in [0.717, 1.165) is 30.3 Å². The molecule has 13 heteroatoms. The highest BCUT2D eigenvalue weighted by Crippen LogP contribution is 2.35. The quantitative estimate of drug-likeness (QED) is 0.589. The molecule has 1 aromatic heterocycles. The van der Waals surface area contributed by atoms with Crippen LogP contribution in [0.3, 0.4) is 0 Å². The minimum Gasteiger partial charge on any atom is -0.406 e. The Hall–Kier alpha value is -2.64. The van der Waals surface area contributed by atoms with Gasteiger partial charge in [-0.3, -0.25) is 9.59 Å². The number of nitrogens with two attached hydrogens (primary N) is 1. The van der Waals surface area contributed by atoms with Gasteiger partial charge in [0.15, 0.2) is 0 Å². The second-order valence-electron chi connectivity index (χ2n) is 5.77. The van der Waals surface area contributed by atoms with Gasteiger partial charge >= 0.3 is 6.36 Å². The molecule has 158 valence electrons. The van der Waals surface area contributed by atoms with Crippen LogP contribution in [0.1, 0.15) is 17.3 Å². The molecule has 0 aliphatic heterocycles. The van der Waals surface area contributed by atoms with E-state index in [4.69, 9.17) is 10.8 Å². The SMILES string of the molecule is CC(CO)C(=O)Nc1sc(S(=O)(=O)c2ccc(OC(F)(F)F)cc2)cc1C(N)=O. The lowest BCUT2D eigenvalue weighted by molar-refractivity contribution is -0.274. The molecular weight excluding hydrogens is 437 g/mol. The van der Waals surface area contributed by atoms with Crippen molar-refractivity contribution in [3.63, 3.8) is 0 Å². The van der Waals surface area contributed by atoms with E-state index >= 15 is 0 Å². The summed E-state index contributed by atoms with van der Waals surface area (Å²) in [5.74, 6) is -3.08. The van der Waals surface area contributed by atoms with Crippen molar-refractivity contribution in [2.45, 2.75) is 22.4 Å². The lowest BCUT2D eigenvalue weighted by atomic mass is 10.2. The number of aliphatic hydroxyl groups is 1. The molecule has 4 N–H and O–H groups in total. The normalized spacial score (nSPS) is 13.0. The molecular formula is C16H15F3N2O6S2. The van der Waals surface area contributed by atoms with Crippen LogP contribution in [0.15, 0.2) is 39.4 Å². The largest absolute Gasteiger partial charge is 0.573 e. The van der Waals surface area contributed by atoms with Crippen molar-refractivity contribution in [3.05, 3.63) is 35.9 Å². The van der Waals surface area contributed by atoms with Crippen molar-refractivity contribution in [1.29, 1.82) is 0 Å². The Balaban J connectivity index is 2.38. The first-order valence-electron chi connectivity index (χ1n) is 7.81. The Morgan fingerprint density at radius 2 is 1.86 bits per heavy atom. The number of thiophene rings is 1. The summed E-state index contributed by atoms with van der Waals surface area (Å²) in [6.45, 7) is 0.940. The first-order chi connectivity index (χ1) is 13.3. The van der Waals surface area contributed by atoms with Crippen molar-refractivity contribution in [1.82, 2.24) is 0 Å². The molecule has 1 heterocycles. The minimum absolute atomic E-state index is 0.126. The number of amides is 2.